The number of nitriles is 1. The third kappa shape index (κ3) is 4.54. The van der Waals surface area contributed by atoms with E-state index >= 15 is 0 Å². The number of hydrogen-bond acceptors (Lipinski definition) is 6. The van der Waals surface area contributed by atoms with Crippen LogP contribution < -0.4 is 9.64 Å². The summed E-state index contributed by atoms with van der Waals surface area (Å²) < 4.78 is 5.20. The van der Waals surface area contributed by atoms with Gasteiger partial charge in [0.25, 0.3) is 5.69 Å². The van der Waals surface area contributed by atoms with Gasteiger partial charge >= 0.3 is 0 Å². The molecule has 3 rings (SSSR count). The summed E-state index contributed by atoms with van der Waals surface area (Å²) in [5.74, 6) is 0.850. The number of benzene rings is 2. The van der Waals surface area contributed by atoms with E-state index in [0.29, 0.717) is 5.56 Å². The highest BCUT2D eigenvalue weighted by molar-refractivity contribution is 5.63. The lowest BCUT2D eigenvalue weighted by molar-refractivity contribution is -0.384. The van der Waals surface area contributed by atoms with Gasteiger partial charge in [0.1, 0.15) is 11.8 Å². The monoisotopic (exact) mass is 366 g/mol. The van der Waals surface area contributed by atoms with Gasteiger partial charge in [-0.2, -0.15) is 5.26 Å². The number of non-ortho nitro benzene ring substituents is 1. The number of anilines is 1. The molecule has 1 heterocycles. The SMILES string of the molecule is COc1ccc(CN2CCCN(c3ccc([N+](=O)[O-])cc3C#N)CC2)cc1. The molecule has 1 aliphatic heterocycles. The van der Waals surface area contributed by atoms with Crippen LogP contribution in [0.4, 0.5) is 11.4 Å². The molecule has 0 atom stereocenters. The summed E-state index contributed by atoms with van der Waals surface area (Å²) in [5.41, 5.74) is 2.31. The van der Waals surface area contributed by atoms with Crippen molar-refractivity contribution < 1.29 is 9.66 Å². The standard InChI is InChI=1S/C20H22N4O3/c1-27-19-6-3-16(4-7-19)15-22-9-2-10-23(12-11-22)20-8-5-18(24(25)26)13-17(20)14-21/h3-8,13H,2,9-12,15H2,1H3. The Morgan fingerprint density at radius 2 is 1.93 bits per heavy atom. The Labute approximate surface area is 158 Å². The van der Waals surface area contributed by atoms with Crippen LogP contribution in [0.3, 0.4) is 0 Å². The highest BCUT2D eigenvalue weighted by atomic mass is 16.6. The lowest BCUT2D eigenvalue weighted by Crippen LogP contribution is -2.30. The first-order valence-electron chi connectivity index (χ1n) is 8.89. The van der Waals surface area contributed by atoms with Crippen LogP contribution in [-0.4, -0.2) is 43.1 Å². The van der Waals surface area contributed by atoms with Crippen molar-refractivity contribution in [1.82, 2.24) is 4.90 Å². The van der Waals surface area contributed by atoms with Crippen LogP contribution >= 0.6 is 0 Å². The van der Waals surface area contributed by atoms with Gasteiger partial charge in [0.05, 0.1) is 23.3 Å². The predicted molar refractivity (Wildman–Crippen MR) is 103 cm³/mol. The average molecular weight is 366 g/mol. The average Bonchev–Trinajstić information content (AvgIpc) is 2.93. The molecule has 0 aliphatic carbocycles. The highest BCUT2D eigenvalue weighted by Crippen LogP contribution is 2.26. The smallest absolute Gasteiger partial charge is 0.270 e. The van der Waals surface area contributed by atoms with Crippen LogP contribution in [0.5, 0.6) is 5.75 Å². The molecule has 1 saturated heterocycles. The first-order valence-corrected chi connectivity index (χ1v) is 8.89. The lowest BCUT2D eigenvalue weighted by atomic mass is 10.1. The molecule has 7 heteroatoms. The number of rotatable bonds is 5. The molecule has 0 spiro atoms. The second kappa shape index (κ2) is 8.52. The molecule has 0 N–H and O–H groups in total. The number of nitro benzene ring substituents is 1. The maximum Gasteiger partial charge on any atom is 0.270 e. The number of hydrogen-bond donors (Lipinski definition) is 0. The van der Waals surface area contributed by atoms with E-state index in [1.165, 1.54) is 17.7 Å². The van der Waals surface area contributed by atoms with E-state index in [0.717, 1.165) is 50.6 Å². The summed E-state index contributed by atoms with van der Waals surface area (Å²) in [6.45, 7) is 4.31. The van der Waals surface area contributed by atoms with E-state index in [-0.39, 0.29) is 5.69 Å². The number of nitro groups is 1. The molecule has 7 nitrogen and oxygen atoms in total. The normalized spacial score (nSPS) is 15.0. The fourth-order valence-electron chi connectivity index (χ4n) is 3.36. The van der Waals surface area contributed by atoms with Crippen molar-refractivity contribution in [2.75, 3.05) is 38.2 Å². The topological polar surface area (TPSA) is 82.6 Å². The van der Waals surface area contributed by atoms with E-state index in [9.17, 15) is 15.4 Å². The summed E-state index contributed by atoms with van der Waals surface area (Å²) in [6, 6.07) is 14.7. The van der Waals surface area contributed by atoms with Crippen molar-refractivity contribution in [1.29, 1.82) is 5.26 Å². The first-order chi connectivity index (χ1) is 13.1. The van der Waals surface area contributed by atoms with Crippen molar-refractivity contribution in [2.24, 2.45) is 0 Å². The maximum absolute atomic E-state index is 10.9. The molecular weight excluding hydrogens is 344 g/mol. The van der Waals surface area contributed by atoms with Crippen LogP contribution in [0, 0.1) is 21.4 Å². The van der Waals surface area contributed by atoms with Gasteiger partial charge in [-0.3, -0.25) is 15.0 Å². The fourth-order valence-corrected chi connectivity index (χ4v) is 3.36. The van der Waals surface area contributed by atoms with Crippen molar-refractivity contribution >= 4 is 11.4 Å². The molecule has 0 aromatic heterocycles. The molecule has 0 bridgehead atoms. The van der Waals surface area contributed by atoms with Gasteiger partial charge in [-0.25, -0.2) is 0 Å². The predicted octanol–water partition coefficient (Wildman–Crippen LogP) is 3.19. The minimum Gasteiger partial charge on any atom is -0.497 e. The maximum atomic E-state index is 10.9. The Kier molecular flexibility index (Phi) is 5.89. The van der Waals surface area contributed by atoms with Crippen LogP contribution in [0.2, 0.25) is 0 Å². The minimum atomic E-state index is -0.469. The number of ether oxygens (including phenoxy) is 1. The molecule has 1 aliphatic rings. The molecule has 1 fully saturated rings. The first kappa shape index (κ1) is 18.7. The number of nitrogens with zero attached hydrogens (tertiary/aromatic N) is 4. The fraction of sp³-hybridized carbons (Fsp3) is 0.350. The van der Waals surface area contributed by atoms with Crippen LogP contribution in [0.1, 0.15) is 17.5 Å². The molecule has 0 saturated carbocycles. The zero-order valence-corrected chi connectivity index (χ0v) is 15.3. The van der Waals surface area contributed by atoms with Gasteiger partial charge in [0, 0.05) is 44.9 Å². The Hall–Kier alpha value is -3.11. The van der Waals surface area contributed by atoms with Crippen LogP contribution in [-0.2, 0) is 6.54 Å². The number of methoxy groups -OCH3 is 1. The van der Waals surface area contributed by atoms with Crippen molar-refractivity contribution in [3.63, 3.8) is 0 Å². The summed E-state index contributed by atoms with van der Waals surface area (Å²) in [4.78, 5) is 15.0. The van der Waals surface area contributed by atoms with Crippen molar-refractivity contribution in [2.45, 2.75) is 13.0 Å². The zero-order valence-electron chi connectivity index (χ0n) is 15.3. The second-order valence-corrected chi connectivity index (χ2v) is 6.54. The molecule has 2 aromatic carbocycles. The third-order valence-corrected chi connectivity index (χ3v) is 4.81. The van der Waals surface area contributed by atoms with E-state index in [1.54, 1.807) is 13.2 Å². The summed E-state index contributed by atoms with van der Waals surface area (Å²) in [6.07, 6.45) is 0.970. The van der Waals surface area contributed by atoms with Crippen LogP contribution in [0.15, 0.2) is 42.5 Å². The second-order valence-electron chi connectivity index (χ2n) is 6.54. The van der Waals surface area contributed by atoms with Crippen molar-refractivity contribution in [3.8, 4) is 11.8 Å². The molecule has 0 radical (unpaired) electrons. The Morgan fingerprint density at radius 3 is 2.59 bits per heavy atom. The summed E-state index contributed by atoms with van der Waals surface area (Å²) in [5, 5.41) is 20.3. The highest BCUT2D eigenvalue weighted by Gasteiger charge is 2.19. The Balaban J connectivity index is 1.67. The molecule has 0 unspecified atom stereocenters. The molecule has 0 amide bonds. The largest absolute Gasteiger partial charge is 0.497 e. The quantitative estimate of drug-likeness (QED) is 0.597. The van der Waals surface area contributed by atoms with Crippen molar-refractivity contribution in [3.05, 3.63) is 63.7 Å². The van der Waals surface area contributed by atoms with Gasteiger partial charge in [0.15, 0.2) is 0 Å². The van der Waals surface area contributed by atoms with Gasteiger partial charge in [-0.15, -0.1) is 0 Å². The third-order valence-electron chi connectivity index (χ3n) is 4.81. The van der Waals surface area contributed by atoms with E-state index in [4.69, 9.17) is 4.74 Å². The van der Waals surface area contributed by atoms with Gasteiger partial charge in [0.2, 0.25) is 0 Å². The zero-order chi connectivity index (χ0) is 19.2. The summed E-state index contributed by atoms with van der Waals surface area (Å²) >= 11 is 0. The summed E-state index contributed by atoms with van der Waals surface area (Å²) in [7, 11) is 1.66. The lowest BCUT2D eigenvalue weighted by Gasteiger charge is -2.24. The molecule has 2 aromatic rings. The Bertz CT molecular complexity index is 845. The molecular formula is C20H22N4O3. The van der Waals surface area contributed by atoms with E-state index in [1.807, 2.05) is 12.1 Å². The molecule has 140 valence electrons. The van der Waals surface area contributed by atoms with Gasteiger partial charge in [-0.1, -0.05) is 12.1 Å². The van der Waals surface area contributed by atoms with Crippen LogP contribution in [0.25, 0.3) is 0 Å². The molecule has 27 heavy (non-hydrogen) atoms. The minimum absolute atomic E-state index is 0.0498. The van der Waals surface area contributed by atoms with Gasteiger partial charge in [-0.05, 0) is 30.2 Å². The van der Waals surface area contributed by atoms with E-state index in [2.05, 4.69) is 28.0 Å². The van der Waals surface area contributed by atoms with Gasteiger partial charge < -0.3 is 9.64 Å². The Morgan fingerprint density at radius 1 is 1.15 bits per heavy atom. The van der Waals surface area contributed by atoms with E-state index < -0.39 is 4.92 Å².